The van der Waals surface area contributed by atoms with Crippen molar-refractivity contribution in [2.75, 3.05) is 0 Å². The number of benzene rings is 2. The number of hydrogen-bond acceptors (Lipinski definition) is 0. The van der Waals surface area contributed by atoms with Crippen LogP contribution in [-0.4, -0.2) is 0 Å². The smallest absolute Gasteiger partial charge is 0.0204 e. The van der Waals surface area contributed by atoms with Gasteiger partial charge in [0.25, 0.3) is 0 Å². The average Bonchev–Trinajstić information content (AvgIpc) is 2.68. The average molecular weight is 343 g/mol. The monoisotopic (exact) mass is 342 g/mol. The lowest BCUT2D eigenvalue weighted by Gasteiger charge is -2.02. The van der Waals surface area contributed by atoms with E-state index in [2.05, 4.69) is 63.7 Å². The molecule has 0 radical (unpaired) electrons. The van der Waals surface area contributed by atoms with Crippen LogP contribution >= 0.6 is 0 Å². The minimum absolute atomic E-state index is 1.14. The molecule has 0 aliphatic heterocycles. The molecule has 2 aromatic carbocycles. The van der Waals surface area contributed by atoms with Crippen molar-refractivity contribution in [1.82, 2.24) is 0 Å². The third kappa shape index (κ3) is 14.2. The molecule has 0 heterocycles. The molecule has 0 atom stereocenters. The summed E-state index contributed by atoms with van der Waals surface area (Å²) >= 11 is 0. The van der Waals surface area contributed by atoms with Crippen molar-refractivity contribution in [2.24, 2.45) is 0 Å². The lowest BCUT2D eigenvalue weighted by Crippen LogP contribution is -1.81. The van der Waals surface area contributed by atoms with E-state index in [1.807, 2.05) is 60.6 Å². The molecule has 0 spiro atoms. The highest BCUT2D eigenvalue weighted by Gasteiger charge is 1.94. The zero-order valence-corrected chi connectivity index (χ0v) is 18.5. The van der Waals surface area contributed by atoms with E-state index in [9.17, 15) is 0 Å². The molecule has 0 amide bonds. The second kappa shape index (κ2) is 20.2. The maximum atomic E-state index is 3.89. The topological polar surface area (TPSA) is 0 Å². The molecule has 0 aromatic heterocycles. The minimum Gasteiger partial charge on any atom is -0.0955 e. The third-order valence-electron chi connectivity index (χ3n) is 3.13. The van der Waals surface area contributed by atoms with Crippen LogP contribution in [0.5, 0.6) is 0 Å². The van der Waals surface area contributed by atoms with E-state index >= 15 is 0 Å². The van der Waals surface area contributed by atoms with E-state index in [0.717, 1.165) is 12.0 Å². The van der Waals surface area contributed by atoms with Crippen LogP contribution < -0.4 is 0 Å². The van der Waals surface area contributed by atoms with Gasteiger partial charge in [-0.1, -0.05) is 115 Å². The van der Waals surface area contributed by atoms with Crippen LogP contribution in [0.2, 0.25) is 0 Å². The number of hydrogen-bond donors (Lipinski definition) is 0. The molecule has 25 heavy (non-hydrogen) atoms. The predicted octanol–water partition coefficient (Wildman–Crippen LogP) is 8.66. The molecule has 0 saturated carbocycles. The first kappa shape index (κ1) is 28.0. The first-order chi connectivity index (χ1) is 12.0. The molecule has 0 heteroatoms. The Morgan fingerprint density at radius 1 is 0.760 bits per heavy atom. The fourth-order valence-electron chi connectivity index (χ4n) is 1.88. The summed E-state index contributed by atoms with van der Waals surface area (Å²) in [5, 5.41) is 0. The Balaban J connectivity index is -0.000000299. The fourth-order valence-corrected chi connectivity index (χ4v) is 1.88. The van der Waals surface area contributed by atoms with Crippen molar-refractivity contribution in [2.45, 2.75) is 75.7 Å². The predicted molar refractivity (Wildman–Crippen MR) is 120 cm³/mol. The maximum Gasteiger partial charge on any atom is -0.0204 e. The Hall–Kier alpha value is -1.82. The Bertz CT molecular complexity index is 518. The van der Waals surface area contributed by atoms with E-state index < -0.39 is 0 Å². The molecule has 0 bridgehead atoms. The number of allylic oxidation sites excluding steroid dienone is 1. The van der Waals surface area contributed by atoms with Crippen molar-refractivity contribution in [3.63, 3.8) is 0 Å². The largest absolute Gasteiger partial charge is 0.0955 e. The van der Waals surface area contributed by atoms with Crippen LogP contribution in [0.4, 0.5) is 0 Å². The Morgan fingerprint density at radius 2 is 1.20 bits per heavy atom. The summed E-state index contributed by atoms with van der Waals surface area (Å²) < 4.78 is 0. The zero-order chi connectivity index (χ0) is 20.3. The van der Waals surface area contributed by atoms with Crippen molar-refractivity contribution in [3.8, 4) is 0 Å². The van der Waals surface area contributed by atoms with Gasteiger partial charge in [0, 0.05) is 0 Å². The van der Waals surface area contributed by atoms with Gasteiger partial charge in [-0.3, -0.25) is 0 Å². The molecule has 0 nitrogen and oxygen atoms in total. The van der Waals surface area contributed by atoms with Gasteiger partial charge >= 0.3 is 0 Å². The van der Waals surface area contributed by atoms with Crippen LogP contribution in [0, 0.1) is 13.8 Å². The summed E-state index contributed by atoms with van der Waals surface area (Å²) in [6, 6.07) is 16.9. The second-order valence-corrected chi connectivity index (χ2v) is 4.93. The van der Waals surface area contributed by atoms with E-state index in [0.29, 0.717) is 0 Å². The molecular weight excluding hydrogens is 300 g/mol. The highest BCUT2D eigenvalue weighted by atomic mass is 14.0. The number of aryl methyl sites for hydroxylation is 3. The van der Waals surface area contributed by atoms with Gasteiger partial charge in [0.2, 0.25) is 0 Å². The van der Waals surface area contributed by atoms with Gasteiger partial charge in [-0.15, -0.1) is 0 Å². The van der Waals surface area contributed by atoms with Gasteiger partial charge < -0.3 is 0 Å². The van der Waals surface area contributed by atoms with Crippen molar-refractivity contribution >= 4 is 5.57 Å². The summed E-state index contributed by atoms with van der Waals surface area (Å²) in [6.07, 6.45) is 1.14. The number of rotatable bonds is 2. The molecule has 2 rings (SSSR count). The molecule has 142 valence electrons. The maximum absolute atomic E-state index is 3.89. The van der Waals surface area contributed by atoms with Gasteiger partial charge in [-0.2, -0.15) is 0 Å². The Morgan fingerprint density at radius 3 is 1.52 bits per heavy atom. The molecule has 0 unspecified atom stereocenters. The second-order valence-electron chi connectivity index (χ2n) is 4.93. The lowest BCUT2D eigenvalue weighted by molar-refractivity contribution is 1.14. The van der Waals surface area contributed by atoms with E-state index in [-0.39, 0.29) is 0 Å². The van der Waals surface area contributed by atoms with E-state index in [1.165, 1.54) is 22.3 Å². The van der Waals surface area contributed by atoms with E-state index in [1.54, 1.807) is 0 Å². The highest BCUT2D eigenvalue weighted by molar-refractivity contribution is 5.63. The standard InChI is InChI=1S/C10H12.C9H12.3C2H6/c1-8(2)10-7-5-4-6-9(10)3;1-3-9-6-4-8(2)5-7-9;3*1-2/h4-7H,1H2,2-3H3;4-7H,3H2,1-2H3;3*1-2H3. The Labute approximate surface area is 159 Å². The summed E-state index contributed by atoms with van der Waals surface area (Å²) in [6.45, 7) is 24.3. The molecule has 0 fully saturated rings. The van der Waals surface area contributed by atoms with Crippen LogP contribution in [-0.2, 0) is 6.42 Å². The summed E-state index contributed by atoms with van der Waals surface area (Å²) in [5.74, 6) is 0. The molecule has 0 saturated heterocycles. The van der Waals surface area contributed by atoms with Crippen LogP contribution in [0.15, 0.2) is 55.1 Å². The summed E-state index contributed by atoms with van der Waals surface area (Å²) in [4.78, 5) is 0. The Kier molecular flexibility index (Phi) is 22.7. The first-order valence-electron chi connectivity index (χ1n) is 9.81. The van der Waals surface area contributed by atoms with Gasteiger partial charge in [-0.25, -0.2) is 0 Å². The molecule has 2 aromatic rings. The molecular formula is C25H42. The summed E-state index contributed by atoms with van der Waals surface area (Å²) in [5.41, 5.74) is 6.46. The van der Waals surface area contributed by atoms with Crippen LogP contribution in [0.25, 0.3) is 5.57 Å². The summed E-state index contributed by atoms with van der Waals surface area (Å²) in [7, 11) is 0. The normalized spacial score (nSPS) is 7.92. The zero-order valence-electron chi connectivity index (χ0n) is 18.5. The van der Waals surface area contributed by atoms with Gasteiger partial charge in [-0.05, 0) is 43.9 Å². The highest BCUT2D eigenvalue weighted by Crippen LogP contribution is 2.14. The van der Waals surface area contributed by atoms with E-state index in [4.69, 9.17) is 0 Å². The fraction of sp³-hybridized carbons (Fsp3) is 0.440. The van der Waals surface area contributed by atoms with Crippen LogP contribution in [0.1, 0.15) is 77.6 Å². The van der Waals surface area contributed by atoms with Crippen molar-refractivity contribution in [1.29, 1.82) is 0 Å². The molecule has 0 N–H and O–H groups in total. The third-order valence-corrected chi connectivity index (χ3v) is 3.13. The van der Waals surface area contributed by atoms with Gasteiger partial charge in [0.15, 0.2) is 0 Å². The van der Waals surface area contributed by atoms with Gasteiger partial charge in [0.1, 0.15) is 0 Å². The molecule has 0 aliphatic rings. The lowest BCUT2D eigenvalue weighted by atomic mass is 10.0. The molecule has 0 aliphatic carbocycles. The van der Waals surface area contributed by atoms with Crippen molar-refractivity contribution in [3.05, 3.63) is 77.4 Å². The van der Waals surface area contributed by atoms with Crippen LogP contribution in [0.3, 0.4) is 0 Å². The van der Waals surface area contributed by atoms with Crippen molar-refractivity contribution < 1.29 is 0 Å². The SMILES string of the molecule is C=C(C)c1ccccc1C.CC.CC.CC.CCc1ccc(C)cc1. The van der Waals surface area contributed by atoms with Gasteiger partial charge in [0.05, 0.1) is 0 Å². The minimum atomic E-state index is 1.14. The quantitative estimate of drug-likeness (QED) is 0.512. The first-order valence-corrected chi connectivity index (χ1v) is 9.81.